The Hall–Kier alpha value is -3.08. The molecule has 0 aliphatic carbocycles. The largest absolute Gasteiger partial charge is 0.493 e. The van der Waals surface area contributed by atoms with Crippen LogP contribution in [0.15, 0.2) is 59.6 Å². The molecule has 1 aromatic heterocycles. The van der Waals surface area contributed by atoms with Gasteiger partial charge in [0.25, 0.3) is 5.56 Å². The van der Waals surface area contributed by atoms with E-state index in [1.54, 1.807) is 32.3 Å². The Morgan fingerprint density at radius 2 is 2.11 bits per heavy atom. The maximum Gasteiger partial charge on any atom is 0.255 e. The highest BCUT2D eigenvalue weighted by Crippen LogP contribution is 2.28. The fourth-order valence-electron chi connectivity index (χ4n) is 2.81. The van der Waals surface area contributed by atoms with Crippen molar-refractivity contribution in [3.05, 3.63) is 70.7 Å². The predicted molar refractivity (Wildman–Crippen MR) is 111 cm³/mol. The van der Waals surface area contributed by atoms with Crippen LogP contribution in [0.25, 0.3) is 16.3 Å². The van der Waals surface area contributed by atoms with Gasteiger partial charge in [-0.05, 0) is 48.6 Å². The molecule has 0 aliphatic rings. The zero-order valence-electron chi connectivity index (χ0n) is 16.3. The molecule has 1 amide bonds. The molecule has 142 valence electrons. The predicted octanol–water partition coefficient (Wildman–Crippen LogP) is 3.82. The Bertz CT molecular complexity index is 967. The van der Waals surface area contributed by atoms with Gasteiger partial charge in [-0.3, -0.25) is 9.59 Å². The van der Waals surface area contributed by atoms with Crippen LogP contribution in [0.5, 0.6) is 5.75 Å². The molecule has 0 saturated carbocycles. The number of allylic oxidation sites excluding steroid dienone is 5. The fourth-order valence-corrected chi connectivity index (χ4v) is 2.81. The van der Waals surface area contributed by atoms with E-state index in [4.69, 9.17) is 4.74 Å². The van der Waals surface area contributed by atoms with Gasteiger partial charge in [0.1, 0.15) is 5.75 Å². The first kappa shape index (κ1) is 20.2. The number of nitrogens with one attached hydrogen (secondary N) is 2. The second-order valence-corrected chi connectivity index (χ2v) is 6.37. The van der Waals surface area contributed by atoms with Crippen molar-refractivity contribution >= 4 is 22.3 Å². The topological polar surface area (TPSA) is 71.2 Å². The van der Waals surface area contributed by atoms with E-state index < -0.39 is 0 Å². The van der Waals surface area contributed by atoms with E-state index in [1.165, 1.54) is 0 Å². The number of fused-ring (bicyclic) bond motifs is 1. The highest BCUT2D eigenvalue weighted by molar-refractivity contribution is 5.96. The van der Waals surface area contributed by atoms with E-state index in [0.29, 0.717) is 11.1 Å². The summed E-state index contributed by atoms with van der Waals surface area (Å²) in [4.78, 5) is 26.8. The molecule has 27 heavy (non-hydrogen) atoms. The molecule has 2 aromatic rings. The molecule has 2 N–H and O–H groups in total. The average molecular weight is 366 g/mol. The summed E-state index contributed by atoms with van der Waals surface area (Å²) in [5.41, 5.74) is 2.75. The van der Waals surface area contributed by atoms with Crippen LogP contribution < -0.4 is 15.6 Å². The molecule has 2 rings (SSSR count). The molecule has 1 heterocycles. The van der Waals surface area contributed by atoms with E-state index in [1.807, 2.05) is 38.1 Å². The average Bonchev–Trinajstić information content (AvgIpc) is 2.69. The van der Waals surface area contributed by atoms with Crippen LogP contribution in [0.3, 0.4) is 0 Å². The minimum absolute atomic E-state index is 0.0862. The number of carbonyl (C=O) groups is 1. The van der Waals surface area contributed by atoms with Crippen LogP contribution in [0.4, 0.5) is 0 Å². The Morgan fingerprint density at radius 1 is 1.37 bits per heavy atom. The summed E-state index contributed by atoms with van der Waals surface area (Å²) in [5.74, 6) is 0.185. The summed E-state index contributed by atoms with van der Waals surface area (Å²) in [7, 11) is 1.59. The van der Waals surface area contributed by atoms with Crippen LogP contribution in [0.1, 0.15) is 26.3 Å². The van der Waals surface area contributed by atoms with Gasteiger partial charge in [-0.15, -0.1) is 0 Å². The van der Waals surface area contributed by atoms with Gasteiger partial charge in [-0.25, -0.2) is 0 Å². The highest BCUT2D eigenvalue weighted by Gasteiger charge is 2.13. The van der Waals surface area contributed by atoms with E-state index in [0.717, 1.165) is 22.1 Å². The number of amides is 1. The summed E-state index contributed by atoms with van der Waals surface area (Å²) in [6.45, 7) is 9.80. The Kier molecular flexibility index (Phi) is 6.77. The van der Waals surface area contributed by atoms with E-state index in [-0.39, 0.29) is 24.0 Å². The third-order valence-corrected chi connectivity index (χ3v) is 4.42. The third-order valence-electron chi connectivity index (χ3n) is 4.42. The molecule has 5 nitrogen and oxygen atoms in total. The molecule has 1 unspecified atom stereocenters. The monoisotopic (exact) mass is 366 g/mol. The number of ether oxygens (including phenoxy) is 1. The minimum Gasteiger partial charge on any atom is -0.493 e. The lowest BCUT2D eigenvalue weighted by molar-refractivity contribution is -0.124. The first-order valence-corrected chi connectivity index (χ1v) is 8.89. The molecule has 0 bridgehead atoms. The first-order valence-electron chi connectivity index (χ1n) is 8.89. The van der Waals surface area contributed by atoms with Crippen molar-refractivity contribution in [2.24, 2.45) is 5.92 Å². The number of hydrogen-bond acceptors (Lipinski definition) is 3. The lowest BCUT2D eigenvalue weighted by atomic mass is 9.96. The summed E-state index contributed by atoms with van der Waals surface area (Å²) in [6, 6.07) is 5.41. The van der Waals surface area contributed by atoms with Crippen LogP contribution in [0.2, 0.25) is 0 Å². The van der Waals surface area contributed by atoms with Gasteiger partial charge in [0.05, 0.1) is 17.9 Å². The molecule has 5 heteroatoms. The Balaban J connectivity index is 2.48. The van der Waals surface area contributed by atoms with Crippen molar-refractivity contribution in [1.82, 2.24) is 10.3 Å². The number of rotatable bonds is 7. The lowest BCUT2D eigenvalue weighted by Crippen LogP contribution is -2.29. The lowest BCUT2D eigenvalue weighted by Gasteiger charge is -2.13. The highest BCUT2D eigenvalue weighted by atomic mass is 16.5. The van der Waals surface area contributed by atoms with Crippen molar-refractivity contribution in [3.8, 4) is 5.75 Å². The Labute approximate surface area is 159 Å². The van der Waals surface area contributed by atoms with Crippen LogP contribution >= 0.6 is 0 Å². The number of hydrogen-bond donors (Lipinski definition) is 2. The summed E-state index contributed by atoms with van der Waals surface area (Å²) in [6.07, 6.45) is 7.47. The third kappa shape index (κ3) is 4.56. The second kappa shape index (κ2) is 9.03. The molecule has 0 saturated heterocycles. The van der Waals surface area contributed by atoms with Gasteiger partial charge in [-0.2, -0.15) is 0 Å². The van der Waals surface area contributed by atoms with E-state index >= 15 is 0 Å². The van der Waals surface area contributed by atoms with Gasteiger partial charge in [0.2, 0.25) is 5.91 Å². The summed E-state index contributed by atoms with van der Waals surface area (Å²) in [5, 5.41) is 3.97. The molecule has 0 fully saturated rings. The van der Waals surface area contributed by atoms with Crippen molar-refractivity contribution in [1.29, 1.82) is 0 Å². The molecule has 0 radical (unpaired) electrons. The van der Waals surface area contributed by atoms with E-state index in [9.17, 15) is 9.59 Å². The van der Waals surface area contributed by atoms with Crippen molar-refractivity contribution < 1.29 is 9.53 Å². The normalized spacial score (nSPS) is 13.3. The zero-order valence-corrected chi connectivity index (χ0v) is 16.3. The van der Waals surface area contributed by atoms with Crippen LogP contribution in [-0.4, -0.2) is 24.5 Å². The summed E-state index contributed by atoms with van der Waals surface area (Å²) < 4.78 is 5.71. The van der Waals surface area contributed by atoms with Crippen LogP contribution in [0, 0.1) is 5.92 Å². The van der Waals surface area contributed by atoms with E-state index in [2.05, 4.69) is 16.9 Å². The zero-order chi connectivity index (χ0) is 20.0. The molecule has 1 atom stereocenters. The molecular weight excluding hydrogens is 340 g/mol. The Morgan fingerprint density at radius 3 is 2.74 bits per heavy atom. The standard InChI is InChI=1S/C22H26N2O3/c1-6-8-17(14(3)7-2)20-12-24-22(26)19-11-16(9-10-18(19)20)27-13-15(4)21(25)23-5/h6-12,15H,2,13H2,1,3-5H3,(H,23,25)(H,24,26)/b8-6-,17-14+. The van der Waals surface area contributed by atoms with Crippen molar-refractivity contribution in [2.45, 2.75) is 20.8 Å². The summed E-state index contributed by atoms with van der Waals surface area (Å²) >= 11 is 0. The van der Waals surface area contributed by atoms with Gasteiger partial charge < -0.3 is 15.0 Å². The second-order valence-electron chi connectivity index (χ2n) is 6.37. The number of H-pyrrole nitrogens is 1. The number of benzene rings is 1. The van der Waals surface area contributed by atoms with Crippen molar-refractivity contribution in [3.63, 3.8) is 0 Å². The molecule has 1 aromatic carbocycles. The number of pyridine rings is 1. The van der Waals surface area contributed by atoms with Gasteiger partial charge >= 0.3 is 0 Å². The fraction of sp³-hybridized carbons (Fsp3) is 0.273. The minimum atomic E-state index is -0.283. The first-order chi connectivity index (χ1) is 12.9. The van der Waals surface area contributed by atoms with Gasteiger partial charge in [-0.1, -0.05) is 31.7 Å². The smallest absolute Gasteiger partial charge is 0.255 e. The quantitative estimate of drug-likeness (QED) is 0.732. The maximum atomic E-state index is 12.4. The van der Waals surface area contributed by atoms with Crippen LogP contribution in [-0.2, 0) is 4.79 Å². The molecular formula is C22H26N2O3. The molecule has 0 aliphatic heterocycles. The van der Waals surface area contributed by atoms with Gasteiger partial charge in [0, 0.05) is 18.8 Å². The molecule has 0 spiro atoms. The number of carbonyl (C=O) groups excluding carboxylic acids is 1. The SMILES string of the molecule is C=C/C(C)=C(\C=C/C)c1c[nH]c(=O)c2cc(OCC(C)C(=O)NC)ccc12. The van der Waals surface area contributed by atoms with Crippen molar-refractivity contribution in [2.75, 3.05) is 13.7 Å². The number of aromatic nitrogens is 1. The van der Waals surface area contributed by atoms with Gasteiger partial charge in [0.15, 0.2) is 0 Å². The maximum absolute atomic E-state index is 12.4. The number of aromatic amines is 1.